The predicted molar refractivity (Wildman–Crippen MR) is 90.5 cm³/mol. The number of hydrogen-bond acceptors (Lipinski definition) is 2. The van der Waals surface area contributed by atoms with Crippen molar-refractivity contribution in [3.8, 4) is 0 Å². The quantitative estimate of drug-likeness (QED) is 0.928. The molecule has 0 saturated carbocycles. The van der Waals surface area contributed by atoms with Gasteiger partial charge < -0.3 is 5.32 Å². The molecule has 1 aliphatic carbocycles. The van der Waals surface area contributed by atoms with E-state index in [0.717, 1.165) is 24.1 Å². The molecule has 110 valence electrons. The number of fused-ring (bicyclic) bond motifs is 1. The molecule has 1 N–H and O–H groups in total. The van der Waals surface area contributed by atoms with Gasteiger partial charge in [0.2, 0.25) is 0 Å². The number of anilines is 1. The van der Waals surface area contributed by atoms with Gasteiger partial charge in [0.15, 0.2) is 0 Å². The summed E-state index contributed by atoms with van der Waals surface area (Å²) >= 11 is 6.17. The van der Waals surface area contributed by atoms with Gasteiger partial charge in [-0.3, -0.25) is 4.21 Å². The molecule has 0 spiro atoms. The standard InChI is InChI=1S/C17H18ClNOS/c1-21(20)11-14-10-15(6-7-17(14)18)19-16-8-12-4-2-3-5-13(12)9-16/h2-7,10,16,19H,8-9,11H2,1H3. The van der Waals surface area contributed by atoms with Crippen molar-refractivity contribution in [2.45, 2.75) is 24.6 Å². The number of hydrogen-bond donors (Lipinski definition) is 1. The number of benzene rings is 2. The number of rotatable bonds is 4. The van der Waals surface area contributed by atoms with Gasteiger partial charge in [0.25, 0.3) is 0 Å². The fourth-order valence-corrected chi connectivity index (χ4v) is 3.83. The van der Waals surface area contributed by atoms with Gasteiger partial charge in [-0.2, -0.15) is 0 Å². The van der Waals surface area contributed by atoms with E-state index in [1.165, 1.54) is 11.1 Å². The second kappa shape index (κ2) is 6.20. The molecule has 2 nitrogen and oxygen atoms in total. The summed E-state index contributed by atoms with van der Waals surface area (Å²) in [6, 6.07) is 14.9. The molecule has 1 unspecified atom stereocenters. The summed E-state index contributed by atoms with van der Waals surface area (Å²) in [5.74, 6) is 0.499. The second-order valence-corrected chi connectivity index (χ2v) is 7.38. The van der Waals surface area contributed by atoms with Crippen LogP contribution in [0.5, 0.6) is 0 Å². The average molecular weight is 320 g/mol. The molecule has 0 aliphatic heterocycles. The highest BCUT2D eigenvalue weighted by atomic mass is 35.5. The van der Waals surface area contributed by atoms with Crippen LogP contribution in [0.25, 0.3) is 0 Å². The highest BCUT2D eigenvalue weighted by molar-refractivity contribution is 7.83. The van der Waals surface area contributed by atoms with E-state index in [4.69, 9.17) is 11.6 Å². The molecule has 0 bridgehead atoms. The molecule has 0 saturated heterocycles. The van der Waals surface area contributed by atoms with Gasteiger partial charge in [0, 0.05) is 39.6 Å². The van der Waals surface area contributed by atoms with Gasteiger partial charge in [-0.1, -0.05) is 35.9 Å². The summed E-state index contributed by atoms with van der Waals surface area (Å²) in [5.41, 5.74) is 4.85. The van der Waals surface area contributed by atoms with E-state index >= 15 is 0 Å². The molecule has 1 atom stereocenters. The number of nitrogens with one attached hydrogen (secondary N) is 1. The third-order valence-corrected chi connectivity index (χ3v) is 4.91. The SMILES string of the molecule is CS(=O)Cc1cc(NC2Cc3ccccc3C2)ccc1Cl. The summed E-state index contributed by atoms with van der Waals surface area (Å²) in [6.07, 6.45) is 3.80. The normalized spacial score (nSPS) is 15.7. The molecule has 0 aromatic heterocycles. The van der Waals surface area contributed by atoms with Crippen LogP contribution < -0.4 is 5.32 Å². The van der Waals surface area contributed by atoms with E-state index in [1.54, 1.807) is 6.26 Å². The first kappa shape index (κ1) is 14.6. The Morgan fingerprint density at radius 2 is 1.86 bits per heavy atom. The molecular weight excluding hydrogens is 302 g/mol. The second-order valence-electron chi connectivity index (χ2n) is 5.54. The van der Waals surface area contributed by atoms with Gasteiger partial charge in [-0.25, -0.2) is 0 Å². The minimum atomic E-state index is -0.884. The lowest BCUT2D eigenvalue weighted by atomic mass is 10.1. The summed E-state index contributed by atoms with van der Waals surface area (Å²) in [6.45, 7) is 0. The first-order valence-electron chi connectivity index (χ1n) is 7.03. The van der Waals surface area contributed by atoms with Crippen molar-refractivity contribution < 1.29 is 4.21 Å². The molecule has 0 heterocycles. The van der Waals surface area contributed by atoms with Crippen LogP contribution in [-0.2, 0) is 29.4 Å². The predicted octanol–water partition coefficient (Wildman–Crippen LogP) is 3.80. The average Bonchev–Trinajstić information content (AvgIpc) is 2.84. The van der Waals surface area contributed by atoms with Gasteiger partial charge in [0.05, 0.1) is 0 Å². The molecule has 3 rings (SSSR count). The molecular formula is C17H18ClNOS. The van der Waals surface area contributed by atoms with Crippen LogP contribution in [0.4, 0.5) is 5.69 Å². The highest BCUT2D eigenvalue weighted by Crippen LogP contribution is 2.27. The summed E-state index contributed by atoms with van der Waals surface area (Å²) in [7, 11) is -0.884. The topological polar surface area (TPSA) is 29.1 Å². The van der Waals surface area contributed by atoms with E-state index in [0.29, 0.717) is 16.8 Å². The minimum absolute atomic E-state index is 0.420. The van der Waals surface area contributed by atoms with Gasteiger partial charge in [0.1, 0.15) is 0 Å². The van der Waals surface area contributed by atoms with E-state index in [-0.39, 0.29) is 0 Å². The van der Waals surface area contributed by atoms with Crippen LogP contribution in [0.1, 0.15) is 16.7 Å². The fourth-order valence-electron chi connectivity index (χ4n) is 2.89. The molecule has 0 fully saturated rings. The third-order valence-electron chi connectivity index (χ3n) is 3.83. The Labute approximate surface area is 133 Å². The maximum absolute atomic E-state index is 11.4. The molecule has 4 heteroatoms. The van der Waals surface area contributed by atoms with Crippen LogP contribution in [0.15, 0.2) is 42.5 Å². The highest BCUT2D eigenvalue weighted by Gasteiger charge is 2.20. The van der Waals surface area contributed by atoms with E-state index in [9.17, 15) is 4.21 Å². The number of halogens is 1. The lowest BCUT2D eigenvalue weighted by Crippen LogP contribution is -2.19. The first-order valence-corrected chi connectivity index (χ1v) is 9.14. The lowest BCUT2D eigenvalue weighted by molar-refractivity contribution is 0.686. The minimum Gasteiger partial charge on any atom is -0.382 e. The first-order chi connectivity index (χ1) is 10.1. The Bertz CT molecular complexity index is 661. The molecule has 21 heavy (non-hydrogen) atoms. The zero-order valence-electron chi connectivity index (χ0n) is 11.9. The van der Waals surface area contributed by atoms with Gasteiger partial charge in [-0.15, -0.1) is 0 Å². The Balaban J connectivity index is 1.73. The summed E-state index contributed by atoms with van der Waals surface area (Å²) in [5, 5.41) is 4.26. The van der Waals surface area contributed by atoms with E-state index in [1.807, 2.05) is 18.2 Å². The molecule has 2 aromatic carbocycles. The van der Waals surface area contributed by atoms with E-state index < -0.39 is 10.8 Å². The van der Waals surface area contributed by atoms with Crippen LogP contribution in [0.2, 0.25) is 5.02 Å². The van der Waals surface area contributed by atoms with Crippen molar-refractivity contribution in [2.24, 2.45) is 0 Å². The Morgan fingerprint density at radius 3 is 2.48 bits per heavy atom. The Hall–Kier alpha value is -1.32. The van der Waals surface area contributed by atoms with Crippen LogP contribution >= 0.6 is 11.6 Å². The zero-order valence-corrected chi connectivity index (χ0v) is 13.5. The molecule has 2 aromatic rings. The molecule has 0 amide bonds. The van der Waals surface area contributed by atoms with Crippen molar-refractivity contribution in [1.29, 1.82) is 0 Å². The lowest BCUT2D eigenvalue weighted by Gasteiger charge is -2.15. The van der Waals surface area contributed by atoms with Gasteiger partial charge in [-0.05, 0) is 47.7 Å². The van der Waals surface area contributed by atoms with Gasteiger partial charge >= 0.3 is 0 Å². The van der Waals surface area contributed by atoms with Crippen molar-refractivity contribution in [2.75, 3.05) is 11.6 Å². The molecule has 1 aliphatic rings. The zero-order chi connectivity index (χ0) is 14.8. The van der Waals surface area contributed by atoms with Crippen LogP contribution in [0, 0.1) is 0 Å². The fraction of sp³-hybridized carbons (Fsp3) is 0.294. The molecule has 0 radical (unpaired) electrons. The van der Waals surface area contributed by atoms with Crippen LogP contribution in [0.3, 0.4) is 0 Å². The Morgan fingerprint density at radius 1 is 1.19 bits per heavy atom. The van der Waals surface area contributed by atoms with Crippen molar-refractivity contribution >= 4 is 28.1 Å². The van der Waals surface area contributed by atoms with E-state index in [2.05, 4.69) is 29.6 Å². The van der Waals surface area contributed by atoms with Crippen molar-refractivity contribution in [3.05, 3.63) is 64.2 Å². The summed E-state index contributed by atoms with van der Waals surface area (Å²) < 4.78 is 11.4. The van der Waals surface area contributed by atoms with Crippen molar-refractivity contribution in [1.82, 2.24) is 0 Å². The summed E-state index contributed by atoms with van der Waals surface area (Å²) in [4.78, 5) is 0. The third kappa shape index (κ3) is 3.47. The maximum atomic E-state index is 11.4. The van der Waals surface area contributed by atoms with Crippen LogP contribution in [-0.4, -0.2) is 16.5 Å². The maximum Gasteiger partial charge on any atom is 0.0498 e. The van der Waals surface area contributed by atoms with Crippen molar-refractivity contribution in [3.63, 3.8) is 0 Å². The smallest absolute Gasteiger partial charge is 0.0498 e. The Kier molecular flexibility index (Phi) is 4.32. The monoisotopic (exact) mass is 319 g/mol. The largest absolute Gasteiger partial charge is 0.382 e.